The highest BCUT2D eigenvalue weighted by atomic mass is 32.2. The third-order valence-electron chi connectivity index (χ3n) is 3.41. The van der Waals surface area contributed by atoms with Crippen LogP contribution < -0.4 is 0 Å². The molecule has 1 saturated heterocycles. The highest BCUT2D eigenvalue weighted by Gasteiger charge is 2.30. The van der Waals surface area contributed by atoms with Gasteiger partial charge in [-0.05, 0) is 24.5 Å². The van der Waals surface area contributed by atoms with Crippen molar-refractivity contribution in [3.63, 3.8) is 0 Å². The van der Waals surface area contributed by atoms with E-state index >= 15 is 0 Å². The Morgan fingerprint density at radius 2 is 2.19 bits per heavy atom. The summed E-state index contributed by atoms with van der Waals surface area (Å²) in [6.07, 6.45) is 0.844. The van der Waals surface area contributed by atoms with Gasteiger partial charge in [0.15, 0.2) is 0 Å². The zero-order valence-electron chi connectivity index (χ0n) is 11.5. The molecule has 1 aromatic carbocycles. The Kier molecular flexibility index (Phi) is 5.28. The van der Waals surface area contributed by atoms with Crippen molar-refractivity contribution in [2.24, 2.45) is 5.92 Å². The maximum absolute atomic E-state index is 13.8. The van der Waals surface area contributed by atoms with Gasteiger partial charge in [-0.1, -0.05) is 12.1 Å². The van der Waals surface area contributed by atoms with E-state index in [1.165, 1.54) is 22.5 Å². The number of nitriles is 1. The summed E-state index contributed by atoms with van der Waals surface area (Å²) in [6.45, 7) is 1.41. The summed E-state index contributed by atoms with van der Waals surface area (Å²) in [6, 6.07) is 7.22. The first-order valence-electron chi connectivity index (χ1n) is 6.75. The van der Waals surface area contributed by atoms with Gasteiger partial charge < -0.3 is 4.74 Å². The van der Waals surface area contributed by atoms with Crippen LogP contribution in [-0.2, 0) is 14.8 Å². The second-order valence-corrected chi connectivity index (χ2v) is 6.84. The maximum Gasteiger partial charge on any atom is 0.246 e. The molecule has 1 fully saturated rings. The van der Waals surface area contributed by atoms with Crippen molar-refractivity contribution in [2.45, 2.75) is 17.7 Å². The third-order valence-corrected chi connectivity index (χ3v) is 5.31. The minimum atomic E-state index is -3.94. The van der Waals surface area contributed by atoms with Gasteiger partial charge in [0.1, 0.15) is 10.7 Å². The van der Waals surface area contributed by atoms with E-state index in [0.29, 0.717) is 13.2 Å². The molecular formula is C14H17FN2O3S. The molecule has 0 aromatic heterocycles. The van der Waals surface area contributed by atoms with Crippen LogP contribution in [0.4, 0.5) is 4.39 Å². The van der Waals surface area contributed by atoms with Gasteiger partial charge in [0.05, 0.1) is 12.7 Å². The van der Waals surface area contributed by atoms with Crippen molar-refractivity contribution < 1.29 is 17.5 Å². The quantitative estimate of drug-likeness (QED) is 0.802. The lowest BCUT2D eigenvalue weighted by Crippen LogP contribution is -2.36. The molecule has 0 aliphatic carbocycles. The Hall–Kier alpha value is -1.49. The molecule has 21 heavy (non-hydrogen) atoms. The van der Waals surface area contributed by atoms with Crippen LogP contribution in [0, 0.1) is 23.1 Å². The molecule has 2 rings (SSSR count). The van der Waals surface area contributed by atoms with Crippen molar-refractivity contribution in [2.75, 3.05) is 26.3 Å². The summed E-state index contributed by atoms with van der Waals surface area (Å²) in [5, 5.41) is 8.70. The Balaban J connectivity index is 2.25. The monoisotopic (exact) mass is 312 g/mol. The summed E-state index contributed by atoms with van der Waals surface area (Å²) >= 11 is 0. The van der Waals surface area contributed by atoms with Gasteiger partial charge in [-0.3, -0.25) is 0 Å². The van der Waals surface area contributed by atoms with Gasteiger partial charge in [0.2, 0.25) is 10.0 Å². The van der Waals surface area contributed by atoms with Crippen LogP contribution in [0.2, 0.25) is 0 Å². The molecule has 1 atom stereocenters. The van der Waals surface area contributed by atoms with E-state index in [1.807, 2.05) is 6.07 Å². The number of benzene rings is 1. The molecule has 0 N–H and O–H groups in total. The van der Waals surface area contributed by atoms with Crippen LogP contribution in [0.3, 0.4) is 0 Å². The normalized spacial score (nSPS) is 18.8. The first kappa shape index (κ1) is 15.9. The summed E-state index contributed by atoms with van der Waals surface area (Å²) in [7, 11) is -3.94. The number of hydrogen-bond acceptors (Lipinski definition) is 4. The number of nitrogens with zero attached hydrogens (tertiary/aromatic N) is 2. The number of hydrogen-bond donors (Lipinski definition) is 0. The predicted molar refractivity (Wildman–Crippen MR) is 74.3 cm³/mol. The van der Waals surface area contributed by atoms with E-state index in [4.69, 9.17) is 10.00 Å². The molecule has 1 aromatic rings. The van der Waals surface area contributed by atoms with E-state index in [0.717, 1.165) is 12.5 Å². The smallest absolute Gasteiger partial charge is 0.246 e. The molecule has 7 heteroatoms. The number of halogens is 1. The maximum atomic E-state index is 13.8. The van der Waals surface area contributed by atoms with Crippen LogP contribution in [0.5, 0.6) is 0 Å². The first-order valence-corrected chi connectivity index (χ1v) is 8.19. The molecule has 5 nitrogen and oxygen atoms in total. The minimum absolute atomic E-state index is 0.0592. The Morgan fingerprint density at radius 1 is 1.43 bits per heavy atom. The van der Waals surface area contributed by atoms with Gasteiger partial charge in [0, 0.05) is 26.1 Å². The number of ether oxygens (including phenoxy) is 1. The Morgan fingerprint density at radius 3 is 2.81 bits per heavy atom. The second-order valence-electron chi connectivity index (χ2n) is 4.93. The standard InChI is InChI=1S/C14H17FN2O3S/c15-13-4-1-2-5-14(13)21(18,19)17(8-3-7-16)10-12-6-9-20-11-12/h1-2,4-5,12H,3,6,8-11H2. The summed E-state index contributed by atoms with van der Waals surface area (Å²) < 4.78 is 45.4. The van der Waals surface area contributed by atoms with Crippen LogP contribution in [-0.4, -0.2) is 39.0 Å². The molecule has 1 heterocycles. The van der Waals surface area contributed by atoms with E-state index < -0.39 is 15.8 Å². The number of sulfonamides is 1. The van der Waals surface area contributed by atoms with E-state index in [-0.39, 0.29) is 30.3 Å². The van der Waals surface area contributed by atoms with Crippen molar-refractivity contribution in [1.29, 1.82) is 5.26 Å². The molecule has 0 amide bonds. The van der Waals surface area contributed by atoms with Crippen LogP contribution in [0.25, 0.3) is 0 Å². The topological polar surface area (TPSA) is 70.4 Å². The average molecular weight is 312 g/mol. The van der Waals surface area contributed by atoms with Gasteiger partial charge in [-0.15, -0.1) is 0 Å². The zero-order valence-corrected chi connectivity index (χ0v) is 12.4. The Bertz CT molecular complexity index is 621. The SMILES string of the molecule is N#CCCN(CC1CCOC1)S(=O)(=O)c1ccccc1F. The predicted octanol–water partition coefficient (Wildman–Crippen LogP) is 1.77. The van der Waals surface area contributed by atoms with Gasteiger partial charge in [-0.25, -0.2) is 12.8 Å². The minimum Gasteiger partial charge on any atom is -0.381 e. The summed E-state index contributed by atoms with van der Waals surface area (Å²) in [5.41, 5.74) is 0. The average Bonchev–Trinajstić information content (AvgIpc) is 2.96. The van der Waals surface area contributed by atoms with E-state index in [2.05, 4.69) is 0 Å². The lowest BCUT2D eigenvalue weighted by Gasteiger charge is -2.23. The van der Waals surface area contributed by atoms with Crippen molar-refractivity contribution in [1.82, 2.24) is 4.31 Å². The van der Waals surface area contributed by atoms with Crippen LogP contribution in [0.15, 0.2) is 29.2 Å². The molecule has 0 spiro atoms. The van der Waals surface area contributed by atoms with Gasteiger partial charge in [-0.2, -0.15) is 9.57 Å². The molecule has 1 aliphatic rings. The third kappa shape index (κ3) is 3.79. The fourth-order valence-corrected chi connectivity index (χ4v) is 3.87. The van der Waals surface area contributed by atoms with Crippen molar-refractivity contribution in [3.05, 3.63) is 30.1 Å². The molecule has 0 radical (unpaired) electrons. The summed E-state index contributed by atoms with van der Waals surface area (Å²) in [4.78, 5) is -0.346. The lowest BCUT2D eigenvalue weighted by atomic mass is 10.1. The molecular weight excluding hydrogens is 295 g/mol. The van der Waals surface area contributed by atoms with Crippen LogP contribution >= 0.6 is 0 Å². The zero-order chi connectivity index (χ0) is 15.3. The first-order chi connectivity index (χ1) is 10.1. The molecule has 0 saturated carbocycles. The summed E-state index contributed by atoms with van der Waals surface area (Å²) in [5.74, 6) is -0.688. The van der Waals surface area contributed by atoms with Gasteiger partial charge in [0.25, 0.3) is 0 Å². The van der Waals surface area contributed by atoms with E-state index in [1.54, 1.807) is 0 Å². The van der Waals surface area contributed by atoms with Crippen LogP contribution in [0.1, 0.15) is 12.8 Å². The van der Waals surface area contributed by atoms with E-state index in [9.17, 15) is 12.8 Å². The fraction of sp³-hybridized carbons (Fsp3) is 0.500. The fourth-order valence-electron chi connectivity index (χ4n) is 2.29. The molecule has 1 aliphatic heterocycles. The van der Waals surface area contributed by atoms with Gasteiger partial charge >= 0.3 is 0 Å². The highest BCUT2D eigenvalue weighted by molar-refractivity contribution is 7.89. The number of rotatable bonds is 6. The highest BCUT2D eigenvalue weighted by Crippen LogP contribution is 2.22. The lowest BCUT2D eigenvalue weighted by molar-refractivity contribution is 0.180. The van der Waals surface area contributed by atoms with Crippen molar-refractivity contribution >= 4 is 10.0 Å². The van der Waals surface area contributed by atoms with Crippen molar-refractivity contribution in [3.8, 4) is 6.07 Å². The molecule has 0 bridgehead atoms. The molecule has 114 valence electrons. The largest absolute Gasteiger partial charge is 0.381 e. The molecule has 1 unspecified atom stereocenters. The second kappa shape index (κ2) is 6.98. The Labute approximate surface area is 124 Å².